The molecule has 3 rings (SSSR count). The van der Waals surface area contributed by atoms with E-state index in [0.29, 0.717) is 32.1 Å². The number of carbonyl (C=O) groups excluding carboxylic acids is 2. The number of nitrogens with zero attached hydrogens (tertiary/aromatic N) is 2. The highest BCUT2D eigenvalue weighted by Gasteiger charge is 2.42. The zero-order valence-electron chi connectivity index (χ0n) is 13.5. The number of hydrogen-bond donors (Lipinski definition) is 0. The van der Waals surface area contributed by atoms with Crippen LogP contribution in [0.1, 0.15) is 23.4 Å². The first kappa shape index (κ1) is 16.3. The molecule has 2 aliphatic heterocycles. The van der Waals surface area contributed by atoms with E-state index in [1.165, 1.54) is 5.56 Å². The molecule has 0 aliphatic carbocycles. The van der Waals surface area contributed by atoms with Gasteiger partial charge in [0.05, 0.1) is 13.2 Å². The van der Waals surface area contributed by atoms with Crippen molar-refractivity contribution >= 4 is 23.6 Å². The van der Waals surface area contributed by atoms with Gasteiger partial charge in [0.2, 0.25) is 11.8 Å². The van der Waals surface area contributed by atoms with Gasteiger partial charge in [-0.1, -0.05) is 29.8 Å². The number of morpholine rings is 1. The monoisotopic (exact) mass is 334 g/mol. The van der Waals surface area contributed by atoms with Crippen molar-refractivity contribution in [2.45, 2.75) is 25.3 Å². The minimum atomic E-state index is -0.373. The molecule has 5 nitrogen and oxygen atoms in total. The Morgan fingerprint density at radius 1 is 1.17 bits per heavy atom. The van der Waals surface area contributed by atoms with Gasteiger partial charge < -0.3 is 14.5 Å². The quantitative estimate of drug-likeness (QED) is 0.828. The van der Waals surface area contributed by atoms with Gasteiger partial charge in [-0.2, -0.15) is 0 Å². The van der Waals surface area contributed by atoms with Gasteiger partial charge in [0.25, 0.3) is 0 Å². The van der Waals surface area contributed by atoms with Crippen LogP contribution < -0.4 is 0 Å². The lowest BCUT2D eigenvalue weighted by Crippen LogP contribution is -2.52. The molecule has 0 bridgehead atoms. The molecule has 1 aromatic rings. The second-order valence-corrected chi connectivity index (χ2v) is 7.09. The highest BCUT2D eigenvalue weighted by Crippen LogP contribution is 2.41. The van der Waals surface area contributed by atoms with Gasteiger partial charge in [0.15, 0.2) is 0 Å². The molecule has 124 valence electrons. The van der Waals surface area contributed by atoms with E-state index in [0.717, 1.165) is 5.56 Å². The summed E-state index contributed by atoms with van der Waals surface area (Å²) in [6.45, 7) is 5.97. The van der Waals surface area contributed by atoms with E-state index in [9.17, 15) is 9.59 Å². The van der Waals surface area contributed by atoms with Crippen LogP contribution in [-0.2, 0) is 14.3 Å². The average molecular weight is 334 g/mol. The highest BCUT2D eigenvalue weighted by molar-refractivity contribution is 7.99. The third-order valence-corrected chi connectivity index (χ3v) is 5.66. The molecule has 2 heterocycles. The molecule has 0 unspecified atom stereocenters. The summed E-state index contributed by atoms with van der Waals surface area (Å²) < 4.78 is 5.31. The fourth-order valence-corrected chi connectivity index (χ4v) is 4.54. The van der Waals surface area contributed by atoms with Crippen molar-refractivity contribution in [2.75, 3.05) is 32.1 Å². The zero-order valence-corrected chi connectivity index (χ0v) is 14.3. The standard InChI is InChI=1S/C17H22N2O3S/c1-12-3-5-14(6-4-12)17-19(13(2)20)15(11-23-17)16(21)18-7-9-22-10-8-18/h3-6,15,17H,7-11H2,1-2H3/t15-,17+/m0/s1. The van der Waals surface area contributed by atoms with E-state index >= 15 is 0 Å². The SMILES string of the molecule is CC(=O)N1[C@@H](c2ccc(C)cc2)SC[C@H]1C(=O)N1CCOCC1. The molecule has 6 heteroatoms. The molecule has 2 atom stereocenters. The molecule has 1 aromatic carbocycles. The lowest BCUT2D eigenvalue weighted by Gasteiger charge is -2.33. The van der Waals surface area contributed by atoms with Crippen molar-refractivity contribution < 1.29 is 14.3 Å². The average Bonchev–Trinajstić information content (AvgIpc) is 3.01. The summed E-state index contributed by atoms with van der Waals surface area (Å²) in [5.41, 5.74) is 2.26. The number of aryl methyl sites for hydroxylation is 1. The smallest absolute Gasteiger partial charge is 0.246 e. The summed E-state index contributed by atoms with van der Waals surface area (Å²) in [5, 5.41) is -0.0805. The predicted molar refractivity (Wildman–Crippen MR) is 90.1 cm³/mol. The van der Waals surface area contributed by atoms with Crippen LogP contribution in [0.2, 0.25) is 0 Å². The summed E-state index contributed by atoms with van der Waals surface area (Å²) in [7, 11) is 0. The van der Waals surface area contributed by atoms with E-state index in [2.05, 4.69) is 0 Å². The van der Waals surface area contributed by atoms with Gasteiger partial charge in [-0.3, -0.25) is 9.59 Å². The summed E-state index contributed by atoms with van der Waals surface area (Å²) in [6, 6.07) is 7.81. The number of thioether (sulfide) groups is 1. The molecular weight excluding hydrogens is 312 g/mol. The second-order valence-electron chi connectivity index (χ2n) is 5.98. The zero-order chi connectivity index (χ0) is 16.4. The highest BCUT2D eigenvalue weighted by atomic mass is 32.2. The number of benzene rings is 1. The molecule has 2 aliphatic rings. The van der Waals surface area contributed by atoms with Crippen LogP contribution in [0.15, 0.2) is 24.3 Å². The van der Waals surface area contributed by atoms with Gasteiger partial charge in [-0.15, -0.1) is 11.8 Å². The topological polar surface area (TPSA) is 49.9 Å². The Hall–Kier alpha value is -1.53. The van der Waals surface area contributed by atoms with Crippen LogP contribution in [0.5, 0.6) is 0 Å². The summed E-state index contributed by atoms with van der Waals surface area (Å²) in [4.78, 5) is 28.6. The minimum absolute atomic E-state index is 0.0469. The van der Waals surface area contributed by atoms with Crippen LogP contribution in [0.25, 0.3) is 0 Å². The van der Waals surface area contributed by atoms with Crippen molar-refractivity contribution in [3.8, 4) is 0 Å². The first-order valence-corrected chi connectivity index (χ1v) is 8.96. The Labute approximate surface area is 141 Å². The molecule has 0 saturated carbocycles. The third kappa shape index (κ3) is 3.38. The second kappa shape index (κ2) is 6.93. The number of hydrogen-bond acceptors (Lipinski definition) is 4. The summed E-state index contributed by atoms with van der Waals surface area (Å²) >= 11 is 1.66. The van der Waals surface area contributed by atoms with Gasteiger partial charge in [0.1, 0.15) is 11.4 Å². The normalized spacial score (nSPS) is 24.8. The van der Waals surface area contributed by atoms with Crippen LogP contribution in [0, 0.1) is 6.92 Å². The maximum atomic E-state index is 12.8. The number of carbonyl (C=O) groups is 2. The number of ether oxygens (including phenoxy) is 1. The van der Waals surface area contributed by atoms with Crippen molar-refractivity contribution in [3.63, 3.8) is 0 Å². The van der Waals surface area contributed by atoms with Crippen LogP contribution in [0.3, 0.4) is 0 Å². The fraction of sp³-hybridized carbons (Fsp3) is 0.529. The summed E-state index contributed by atoms with van der Waals surface area (Å²) in [6.07, 6.45) is 0. The van der Waals surface area contributed by atoms with Gasteiger partial charge in [-0.25, -0.2) is 0 Å². The number of rotatable bonds is 2. The van der Waals surface area contributed by atoms with E-state index in [1.807, 2.05) is 36.1 Å². The van der Waals surface area contributed by atoms with Crippen LogP contribution in [0.4, 0.5) is 0 Å². The Balaban J connectivity index is 1.80. The third-order valence-electron chi connectivity index (χ3n) is 4.33. The van der Waals surface area contributed by atoms with Crippen molar-refractivity contribution in [1.29, 1.82) is 0 Å². The Bertz CT molecular complexity index is 584. The van der Waals surface area contributed by atoms with Gasteiger partial charge in [-0.05, 0) is 12.5 Å². The first-order valence-electron chi connectivity index (χ1n) is 7.91. The van der Waals surface area contributed by atoms with E-state index in [4.69, 9.17) is 4.74 Å². The maximum absolute atomic E-state index is 12.8. The molecule has 0 N–H and O–H groups in total. The minimum Gasteiger partial charge on any atom is -0.378 e. The largest absolute Gasteiger partial charge is 0.378 e. The van der Waals surface area contributed by atoms with Crippen molar-refractivity contribution in [2.24, 2.45) is 0 Å². The van der Waals surface area contributed by atoms with Gasteiger partial charge in [0, 0.05) is 25.8 Å². The molecule has 2 amide bonds. The Kier molecular flexibility index (Phi) is 4.92. The van der Waals surface area contributed by atoms with Crippen molar-refractivity contribution in [1.82, 2.24) is 9.80 Å². The molecule has 0 spiro atoms. The first-order chi connectivity index (χ1) is 11.1. The fourth-order valence-electron chi connectivity index (χ4n) is 3.06. The molecular formula is C17H22N2O3S. The molecule has 2 saturated heterocycles. The lowest BCUT2D eigenvalue weighted by molar-refractivity contribution is -0.146. The van der Waals surface area contributed by atoms with E-state index in [1.54, 1.807) is 23.6 Å². The number of amides is 2. The van der Waals surface area contributed by atoms with Crippen LogP contribution >= 0.6 is 11.8 Å². The molecule has 23 heavy (non-hydrogen) atoms. The summed E-state index contributed by atoms with van der Waals surface area (Å²) in [5.74, 6) is 0.645. The van der Waals surface area contributed by atoms with Crippen molar-refractivity contribution in [3.05, 3.63) is 35.4 Å². The van der Waals surface area contributed by atoms with E-state index in [-0.39, 0.29) is 23.2 Å². The molecule has 2 fully saturated rings. The van der Waals surface area contributed by atoms with Gasteiger partial charge >= 0.3 is 0 Å². The Morgan fingerprint density at radius 3 is 2.43 bits per heavy atom. The van der Waals surface area contributed by atoms with E-state index < -0.39 is 0 Å². The predicted octanol–water partition coefficient (Wildman–Crippen LogP) is 1.82. The Morgan fingerprint density at radius 2 is 1.83 bits per heavy atom. The molecule has 0 radical (unpaired) electrons. The lowest BCUT2D eigenvalue weighted by atomic mass is 10.1. The maximum Gasteiger partial charge on any atom is 0.246 e. The molecule has 0 aromatic heterocycles. The van der Waals surface area contributed by atoms with Crippen LogP contribution in [-0.4, -0.2) is 59.7 Å².